The van der Waals surface area contributed by atoms with Crippen molar-refractivity contribution in [2.75, 3.05) is 45.9 Å². The smallest absolute Gasteiger partial charge is 0.191 e. The van der Waals surface area contributed by atoms with Crippen LogP contribution in [0.1, 0.15) is 47.5 Å². The molecular weight excluding hydrogens is 391 g/mol. The molecule has 0 spiro atoms. The predicted octanol–water partition coefficient (Wildman–Crippen LogP) is 2.71. The molecule has 0 saturated carbocycles. The van der Waals surface area contributed by atoms with Gasteiger partial charge in [-0.25, -0.2) is 0 Å². The second-order valence-corrected chi connectivity index (χ2v) is 5.17. The molecule has 0 heterocycles. The van der Waals surface area contributed by atoms with Crippen LogP contribution in [0.4, 0.5) is 0 Å². The summed E-state index contributed by atoms with van der Waals surface area (Å²) in [5, 5.41) is 6.75. The molecule has 0 bridgehead atoms. The van der Waals surface area contributed by atoms with E-state index in [-0.39, 0.29) is 24.0 Å². The highest BCUT2D eigenvalue weighted by molar-refractivity contribution is 14.0. The van der Waals surface area contributed by atoms with Crippen LogP contribution in [0.25, 0.3) is 0 Å². The lowest BCUT2D eigenvalue weighted by Gasteiger charge is -2.21. The molecule has 0 radical (unpaired) electrons. The first-order valence-corrected chi connectivity index (χ1v) is 8.52. The van der Waals surface area contributed by atoms with Gasteiger partial charge < -0.3 is 20.3 Å². The summed E-state index contributed by atoms with van der Waals surface area (Å²) in [5.74, 6) is 0.896. The number of ether oxygens (including phenoxy) is 1. The van der Waals surface area contributed by atoms with E-state index < -0.39 is 0 Å². The van der Waals surface area contributed by atoms with Gasteiger partial charge in [0.15, 0.2) is 5.96 Å². The fourth-order valence-corrected chi connectivity index (χ4v) is 2.15. The molecule has 0 aliphatic heterocycles. The Balaban J connectivity index is 0. The minimum absolute atomic E-state index is 0. The van der Waals surface area contributed by atoms with Crippen molar-refractivity contribution in [2.45, 2.75) is 53.5 Å². The first-order chi connectivity index (χ1) is 10.2. The summed E-state index contributed by atoms with van der Waals surface area (Å²) in [7, 11) is 0. The molecule has 0 aromatic carbocycles. The summed E-state index contributed by atoms with van der Waals surface area (Å²) in [5.41, 5.74) is 0. The molecule has 0 aromatic rings. The highest BCUT2D eigenvalue weighted by Gasteiger charge is 2.06. The van der Waals surface area contributed by atoms with E-state index in [4.69, 9.17) is 4.74 Å². The van der Waals surface area contributed by atoms with Crippen LogP contribution in [0.2, 0.25) is 0 Å². The molecule has 0 aliphatic rings. The lowest BCUT2D eigenvalue weighted by Crippen LogP contribution is -2.42. The Kier molecular flexibility index (Phi) is 19.0. The van der Waals surface area contributed by atoms with Crippen molar-refractivity contribution >= 4 is 29.9 Å². The molecule has 134 valence electrons. The fraction of sp³-hybridized carbons (Fsp3) is 0.938. The molecule has 2 N–H and O–H groups in total. The molecule has 0 fully saturated rings. The number of nitrogens with one attached hydrogen (secondary N) is 2. The SMILES string of the molecule is CCNC(=NCCOCC)NC(C)CCCN(CC)CC.I. The van der Waals surface area contributed by atoms with Crippen molar-refractivity contribution in [1.29, 1.82) is 0 Å². The zero-order valence-electron chi connectivity index (χ0n) is 15.2. The molecule has 0 rings (SSSR count). The van der Waals surface area contributed by atoms with Gasteiger partial charge in [0.25, 0.3) is 0 Å². The molecule has 5 nitrogen and oxygen atoms in total. The third kappa shape index (κ3) is 13.6. The first kappa shape index (κ1) is 24.2. The lowest BCUT2D eigenvalue weighted by atomic mass is 10.2. The van der Waals surface area contributed by atoms with Gasteiger partial charge >= 0.3 is 0 Å². The third-order valence-corrected chi connectivity index (χ3v) is 3.44. The lowest BCUT2D eigenvalue weighted by molar-refractivity contribution is 0.155. The van der Waals surface area contributed by atoms with Crippen LogP contribution < -0.4 is 10.6 Å². The summed E-state index contributed by atoms with van der Waals surface area (Å²) in [6.45, 7) is 17.2. The maximum Gasteiger partial charge on any atom is 0.191 e. The summed E-state index contributed by atoms with van der Waals surface area (Å²) >= 11 is 0. The average molecular weight is 428 g/mol. The molecule has 0 saturated heterocycles. The second kappa shape index (κ2) is 17.3. The summed E-state index contributed by atoms with van der Waals surface area (Å²) in [4.78, 5) is 6.99. The largest absolute Gasteiger partial charge is 0.380 e. The Morgan fingerprint density at radius 3 is 2.41 bits per heavy atom. The Morgan fingerprint density at radius 1 is 1.18 bits per heavy atom. The molecule has 1 unspecified atom stereocenters. The van der Waals surface area contributed by atoms with Gasteiger partial charge in [-0.1, -0.05) is 13.8 Å². The standard InChI is InChI=1S/C16H36N4O.HI/c1-6-17-16(18-12-14-21-9-4)19-15(5)11-10-13-20(7-2)8-3;/h15H,6-14H2,1-5H3,(H2,17,18,19);1H. The Hall–Kier alpha value is -0.0800. The number of halogens is 1. The number of rotatable bonds is 12. The quantitative estimate of drug-likeness (QED) is 0.217. The fourth-order valence-electron chi connectivity index (χ4n) is 2.15. The highest BCUT2D eigenvalue weighted by atomic mass is 127. The van der Waals surface area contributed by atoms with Crippen LogP contribution in [-0.4, -0.2) is 62.8 Å². The average Bonchev–Trinajstić information content (AvgIpc) is 2.48. The van der Waals surface area contributed by atoms with E-state index in [1.54, 1.807) is 0 Å². The zero-order valence-corrected chi connectivity index (χ0v) is 17.5. The van der Waals surface area contributed by atoms with Crippen molar-refractivity contribution in [1.82, 2.24) is 15.5 Å². The van der Waals surface area contributed by atoms with Crippen LogP contribution in [0.15, 0.2) is 4.99 Å². The van der Waals surface area contributed by atoms with Crippen LogP contribution >= 0.6 is 24.0 Å². The number of nitrogens with zero attached hydrogens (tertiary/aromatic N) is 2. The van der Waals surface area contributed by atoms with Gasteiger partial charge in [0.2, 0.25) is 0 Å². The van der Waals surface area contributed by atoms with E-state index in [9.17, 15) is 0 Å². The van der Waals surface area contributed by atoms with Crippen LogP contribution in [-0.2, 0) is 4.74 Å². The minimum Gasteiger partial charge on any atom is -0.380 e. The molecule has 0 aliphatic carbocycles. The van der Waals surface area contributed by atoms with E-state index >= 15 is 0 Å². The van der Waals surface area contributed by atoms with E-state index in [1.165, 1.54) is 13.0 Å². The molecule has 6 heteroatoms. The maximum absolute atomic E-state index is 5.31. The highest BCUT2D eigenvalue weighted by Crippen LogP contribution is 1.99. The molecule has 0 amide bonds. The third-order valence-electron chi connectivity index (χ3n) is 3.44. The van der Waals surface area contributed by atoms with Gasteiger partial charge in [-0.3, -0.25) is 4.99 Å². The summed E-state index contributed by atoms with van der Waals surface area (Å²) in [6.07, 6.45) is 2.38. The predicted molar refractivity (Wildman–Crippen MR) is 108 cm³/mol. The van der Waals surface area contributed by atoms with Crippen molar-refractivity contribution in [3.63, 3.8) is 0 Å². The van der Waals surface area contributed by atoms with Crippen molar-refractivity contribution in [3.05, 3.63) is 0 Å². The zero-order chi connectivity index (χ0) is 15.9. The first-order valence-electron chi connectivity index (χ1n) is 8.52. The van der Waals surface area contributed by atoms with Gasteiger partial charge in [-0.15, -0.1) is 24.0 Å². The number of guanidine groups is 1. The molecule has 22 heavy (non-hydrogen) atoms. The topological polar surface area (TPSA) is 48.9 Å². The molecule has 1 atom stereocenters. The Labute approximate surface area is 154 Å². The summed E-state index contributed by atoms with van der Waals surface area (Å²) < 4.78 is 5.31. The monoisotopic (exact) mass is 428 g/mol. The second-order valence-electron chi connectivity index (χ2n) is 5.17. The van der Waals surface area contributed by atoms with E-state index in [1.807, 2.05) is 6.92 Å². The van der Waals surface area contributed by atoms with Crippen LogP contribution in [0.5, 0.6) is 0 Å². The normalized spacial score (nSPS) is 12.9. The number of hydrogen-bond acceptors (Lipinski definition) is 3. The number of hydrogen-bond donors (Lipinski definition) is 2. The van der Waals surface area contributed by atoms with E-state index in [2.05, 4.69) is 48.2 Å². The van der Waals surface area contributed by atoms with Crippen LogP contribution in [0, 0.1) is 0 Å². The molecular formula is C16H37IN4O. The van der Waals surface area contributed by atoms with Gasteiger partial charge in [0.05, 0.1) is 13.2 Å². The van der Waals surface area contributed by atoms with Gasteiger partial charge in [-0.2, -0.15) is 0 Å². The van der Waals surface area contributed by atoms with Crippen molar-refractivity contribution < 1.29 is 4.74 Å². The Bertz CT molecular complexity index is 261. The number of aliphatic imine (C=N–C) groups is 1. The minimum atomic E-state index is 0. The van der Waals surface area contributed by atoms with Gasteiger partial charge in [0.1, 0.15) is 0 Å². The molecule has 0 aromatic heterocycles. The van der Waals surface area contributed by atoms with Crippen molar-refractivity contribution in [3.8, 4) is 0 Å². The maximum atomic E-state index is 5.31. The Morgan fingerprint density at radius 2 is 1.86 bits per heavy atom. The van der Waals surface area contributed by atoms with Gasteiger partial charge in [-0.05, 0) is 53.2 Å². The van der Waals surface area contributed by atoms with E-state index in [0.29, 0.717) is 19.2 Å². The van der Waals surface area contributed by atoms with Crippen LogP contribution in [0.3, 0.4) is 0 Å². The summed E-state index contributed by atoms with van der Waals surface area (Å²) in [6, 6.07) is 0.436. The van der Waals surface area contributed by atoms with Crippen molar-refractivity contribution in [2.24, 2.45) is 4.99 Å². The van der Waals surface area contributed by atoms with E-state index in [0.717, 1.165) is 38.6 Å². The van der Waals surface area contributed by atoms with Gasteiger partial charge in [0, 0.05) is 19.2 Å².